The van der Waals surface area contributed by atoms with Gasteiger partial charge in [0.1, 0.15) is 11.3 Å². The van der Waals surface area contributed by atoms with Gasteiger partial charge in [-0.2, -0.15) is 0 Å². The van der Waals surface area contributed by atoms with E-state index in [0.717, 1.165) is 16.8 Å². The number of esters is 2. The van der Waals surface area contributed by atoms with E-state index >= 15 is 0 Å². The Bertz CT molecular complexity index is 1190. The quantitative estimate of drug-likeness (QED) is 0.385. The van der Waals surface area contributed by atoms with Crippen molar-refractivity contribution in [2.75, 3.05) is 31.7 Å². The van der Waals surface area contributed by atoms with Crippen LogP contribution in [0.5, 0.6) is 5.75 Å². The third kappa shape index (κ3) is 5.69. The molecule has 0 aliphatic carbocycles. The van der Waals surface area contributed by atoms with Crippen molar-refractivity contribution in [3.05, 3.63) is 59.5 Å². The van der Waals surface area contributed by atoms with Gasteiger partial charge in [0.05, 0.1) is 13.0 Å². The average Bonchev–Trinajstić information content (AvgIpc) is 2.84. The Hall–Kier alpha value is -4.40. The van der Waals surface area contributed by atoms with Gasteiger partial charge >= 0.3 is 11.9 Å². The maximum absolute atomic E-state index is 12.7. The van der Waals surface area contributed by atoms with E-state index < -0.39 is 17.9 Å². The van der Waals surface area contributed by atoms with Crippen LogP contribution in [0.3, 0.4) is 0 Å². The molecule has 0 bridgehead atoms. The molecular weight excluding hydrogens is 436 g/mol. The predicted molar refractivity (Wildman–Crippen MR) is 126 cm³/mol. The topological polar surface area (TPSA) is 120 Å². The van der Waals surface area contributed by atoms with Crippen LogP contribution >= 0.6 is 0 Å². The zero-order valence-corrected chi connectivity index (χ0v) is 18.4. The van der Waals surface area contributed by atoms with E-state index in [0.29, 0.717) is 17.9 Å². The summed E-state index contributed by atoms with van der Waals surface area (Å²) in [7, 11) is 0. The first-order valence-corrected chi connectivity index (χ1v) is 10.4. The lowest BCUT2D eigenvalue weighted by Crippen LogP contribution is -2.28. The molecule has 2 aromatic rings. The number of fused-ring (bicyclic) bond motifs is 1. The third-order valence-corrected chi connectivity index (χ3v) is 5.05. The van der Waals surface area contributed by atoms with Gasteiger partial charge in [0.2, 0.25) is 5.88 Å². The summed E-state index contributed by atoms with van der Waals surface area (Å²) in [5, 5.41) is 12.2. The van der Waals surface area contributed by atoms with Crippen LogP contribution in [0.25, 0.3) is 11.1 Å². The van der Waals surface area contributed by atoms with E-state index in [-0.39, 0.29) is 37.7 Å². The van der Waals surface area contributed by atoms with Crippen molar-refractivity contribution in [3.63, 3.8) is 0 Å². The van der Waals surface area contributed by atoms with Crippen LogP contribution in [-0.4, -0.2) is 43.4 Å². The minimum atomic E-state index is -0.796. The number of carbonyl (C=O) groups is 2. The summed E-state index contributed by atoms with van der Waals surface area (Å²) in [5.74, 6) is 2.50. The number of nitrogens with one attached hydrogen (secondary N) is 1. The van der Waals surface area contributed by atoms with Crippen LogP contribution < -0.4 is 15.8 Å². The molecule has 2 aromatic carbocycles. The molecule has 0 radical (unpaired) electrons. The Kier molecular flexibility index (Phi) is 8.17. The number of terminal acetylenes is 2. The van der Waals surface area contributed by atoms with Gasteiger partial charge in [0.15, 0.2) is 13.2 Å². The van der Waals surface area contributed by atoms with Gasteiger partial charge in [-0.1, -0.05) is 30.0 Å². The smallest absolute Gasteiger partial charge is 0.341 e. The first-order chi connectivity index (χ1) is 16.5. The van der Waals surface area contributed by atoms with Gasteiger partial charge in [-0.05, 0) is 35.4 Å². The summed E-state index contributed by atoms with van der Waals surface area (Å²) >= 11 is 0. The number of aliphatic hydroxyl groups excluding tert-OH is 1. The average molecular weight is 460 g/mol. The molecular formula is C26H24N2O6. The molecule has 0 spiro atoms. The van der Waals surface area contributed by atoms with Gasteiger partial charge in [-0.25, -0.2) is 4.79 Å². The monoisotopic (exact) mass is 460 g/mol. The zero-order chi connectivity index (χ0) is 24.5. The largest absolute Gasteiger partial charge is 0.452 e. The number of hydrogen-bond donors (Lipinski definition) is 3. The van der Waals surface area contributed by atoms with Crippen molar-refractivity contribution in [3.8, 4) is 41.6 Å². The predicted octanol–water partition coefficient (Wildman–Crippen LogP) is 2.15. The molecule has 8 nitrogen and oxygen atoms in total. The second-order valence-corrected chi connectivity index (χ2v) is 7.27. The van der Waals surface area contributed by atoms with Crippen LogP contribution in [-0.2, 0) is 19.1 Å². The molecule has 0 aromatic heterocycles. The van der Waals surface area contributed by atoms with Crippen molar-refractivity contribution in [1.82, 2.24) is 0 Å². The standard InChI is InChI=1S/C26H24N2O6/c1-3-12-32-23(30)16-21-20-15-18(17-6-5-7-19(14-17)28-10-11-29)8-9-22(20)34-25(27)24(21)26(31)33-13-4-2/h1-2,5-9,14-15,21,28-29H,10-13,16,27H2. The lowest BCUT2D eigenvalue weighted by Gasteiger charge is -2.28. The number of ether oxygens (including phenoxy) is 3. The minimum absolute atomic E-state index is 0.00414. The number of rotatable bonds is 9. The fourth-order valence-corrected chi connectivity index (χ4v) is 3.59. The van der Waals surface area contributed by atoms with Crippen molar-refractivity contribution < 1.29 is 28.9 Å². The van der Waals surface area contributed by atoms with E-state index in [1.807, 2.05) is 36.4 Å². The first kappa shape index (κ1) is 24.2. The van der Waals surface area contributed by atoms with E-state index in [4.69, 9.17) is 37.9 Å². The summed E-state index contributed by atoms with van der Waals surface area (Å²) in [4.78, 5) is 25.2. The molecule has 8 heteroatoms. The molecule has 1 unspecified atom stereocenters. The molecule has 1 aliphatic rings. The molecule has 0 fully saturated rings. The van der Waals surface area contributed by atoms with Gasteiger partial charge in [-0.3, -0.25) is 4.79 Å². The van der Waals surface area contributed by atoms with E-state index in [9.17, 15) is 9.59 Å². The summed E-state index contributed by atoms with van der Waals surface area (Å²) in [5.41, 5.74) is 9.10. The van der Waals surface area contributed by atoms with Gasteiger partial charge in [-0.15, -0.1) is 12.8 Å². The molecule has 0 saturated carbocycles. The SMILES string of the molecule is C#CCOC(=O)CC1C(C(=O)OCC#C)=C(N)Oc2ccc(-c3cccc(NCCO)c3)cc21. The highest BCUT2D eigenvalue weighted by Crippen LogP contribution is 2.42. The third-order valence-electron chi connectivity index (χ3n) is 5.05. The number of aliphatic hydroxyl groups is 1. The second-order valence-electron chi connectivity index (χ2n) is 7.27. The van der Waals surface area contributed by atoms with Crippen LogP contribution in [0.15, 0.2) is 53.9 Å². The molecule has 3 rings (SSSR count). The molecule has 34 heavy (non-hydrogen) atoms. The summed E-state index contributed by atoms with van der Waals surface area (Å²) in [6, 6.07) is 13.0. The number of nitrogens with two attached hydrogens (primary N) is 1. The Morgan fingerprint density at radius 1 is 1.09 bits per heavy atom. The Morgan fingerprint density at radius 3 is 2.56 bits per heavy atom. The van der Waals surface area contributed by atoms with E-state index in [2.05, 4.69) is 17.2 Å². The summed E-state index contributed by atoms with van der Waals surface area (Å²) in [6.07, 6.45) is 10.2. The number of anilines is 1. The normalized spacial score (nSPS) is 14.1. The Morgan fingerprint density at radius 2 is 1.82 bits per heavy atom. The Labute approximate surface area is 197 Å². The lowest BCUT2D eigenvalue weighted by molar-refractivity contribution is -0.142. The fraction of sp³-hybridized carbons (Fsp3) is 0.231. The van der Waals surface area contributed by atoms with Crippen LogP contribution in [0.1, 0.15) is 17.9 Å². The molecule has 1 heterocycles. The van der Waals surface area contributed by atoms with Gasteiger partial charge < -0.3 is 30.4 Å². The highest BCUT2D eigenvalue weighted by molar-refractivity contribution is 5.93. The molecule has 1 atom stereocenters. The Balaban J connectivity index is 2.02. The van der Waals surface area contributed by atoms with Crippen molar-refractivity contribution in [1.29, 1.82) is 0 Å². The zero-order valence-electron chi connectivity index (χ0n) is 18.4. The van der Waals surface area contributed by atoms with Crippen LogP contribution in [0.2, 0.25) is 0 Å². The second kappa shape index (κ2) is 11.5. The van der Waals surface area contributed by atoms with Gasteiger partial charge in [0.25, 0.3) is 0 Å². The van der Waals surface area contributed by atoms with E-state index in [1.165, 1.54) is 0 Å². The first-order valence-electron chi connectivity index (χ1n) is 10.4. The number of benzene rings is 2. The minimum Gasteiger partial charge on any atom is -0.452 e. The molecule has 1 aliphatic heterocycles. The van der Waals surface area contributed by atoms with Crippen molar-refractivity contribution in [2.24, 2.45) is 5.73 Å². The fourth-order valence-electron chi connectivity index (χ4n) is 3.59. The van der Waals surface area contributed by atoms with Crippen LogP contribution in [0.4, 0.5) is 5.69 Å². The van der Waals surface area contributed by atoms with Gasteiger partial charge in [0, 0.05) is 23.7 Å². The molecule has 0 amide bonds. The van der Waals surface area contributed by atoms with Crippen LogP contribution in [0, 0.1) is 24.7 Å². The maximum Gasteiger partial charge on any atom is 0.341 e. The molecule has 4 N–H and O–H groups in total. The van der Waals surface area contributed by atoms with Crippen molar-refractivity contribution >= 4 is 17.6 Å². The lowest BCUT2D eigenvalue weighted by atomic mass is 9.84. The summed E-state index contributed by atoms with van der Waals surface area (Å²) in [6.45, 7) is -0.0379. The number of carbonyl (C=O) groups excluding carboxylic acids is 2. The number of hydrogen-bond acceptors (Lipinski definition) is 8. The summed E-state index contributed by atoms with van der Waals surface area (Å²) < 4.78 is 15.8. The molecule has 174 valence electrons. The van der Waals surface area contributed by atoms with Crippen molar-refractivity contribution in [2.45, 2.75) is 12.3 Å². The van der Waals surface area contributed by atoms with E-state index in [1.54, 1.807) is 6.07 Å². The highest BCUT2D eigenvalue weighted by atomic mass is 16.5. The molecule has 0 saturated heterocycles. The highest BCUT2D eigenvalue weighted by Gasteiger charge is 2.36. The maximum atomic E-state index is 12.7.